The molecule has 1 amide bonds. The van der Waals surface area contributed by atoms with Crippen LogP contribution >= 0.6 is 0 Å². The molecule has 4 rings (SSSR count). The van der Waals surface area contributed by atoms with Crippen molar-refractivity contribution in [1.29, 1.82) is 0 Å². The molecule has 1 aliphatic heterocycles. The fourth-order valence-electron chi connectivity index (χ4n) is 3.64. The highest BCUT2D eigenvalue weighted by Gasteiger charge is 2.28. The van der Waals surface area contributed by atoms with Crippen molar-refractivity contribution in [2.75, 3.05) is 13.1 Å². The fourth-order valence-corrected chi connectivity index (χ4v) is 3.64. The Morgan fingerprint density at radius 1 is 1.03 bits per heavy atom. The van der Waals surface area contributed by atoms with Crippen LogP contribution in [0.5, 0.6) is 5.75 Å². The van der Waals surface area contributed by atoms with Gasteiger partial charge in [0, 0.05) is 37.3 Å². The first kappa shape index (κ1) is 19.9. The van der Waals surface area contributed by atoms with Gasteiger partial charge in [0.2, 0.25) is 0 Å². The summed E-state index contributed by atoms with van der Waals surface area (Å²) in [4.78, 5) is 26.6. The number of pyridine rings is 1. The number of benzene rings is 2. The van der Waals surface area contributed by atoms with Gasteiger partial charge in [-0.1, -0.05) is 24.3 Å². The number of halogens is 1. The van der Waals surface area contributed by atoms with Crippen LogP contribution in [-0.2, 0) is 7.05 Å². The fraction of sp³-hybridized carbons (Fsp3) is 0.250. The third-order valence-corrected chi connectivity index (χ3v) is 5.52. The molecule has 1 fully saturated rings. The third-order valence-electron chi connectivity index (χ3n) is 5.52. The number of aromatic nitrogens is 1. The van der Waals surface area contributed by atoms with Gasteiger partial charge in [-0.25, -0.2) is 4.39 Å². The van der Waals surface area contributed by atoms with Gasteiger partial charge >= 0.3 is 0 Å². The first-order chi connectivity index (χ1) is 14.4. The van der Waals surface area contributed by atoms with E-state index >= 15 is 0 Å². The molecular formula is C24H23FN2O3. The van der Waals surface area contributed by atoms with E-state index in [0.29, 0.717) is 30.8 Å². The van der Waals surface area contributed by atoms with Gasteiger partial charge in [-0.3, -0.25) is 9.59 Å². The minimum absolute atomic E-state index is 0.0492. The number of nitrogens with zero attached hydrogens (tertiary/aromatic N) is 2. The molecule has 5 nitrogen and oxygen atoms in total. The smallest absolute Gasteiger partial charge is 0.254 e. The van der Waals surface area contributed by atoms with Crippen LogP contribution in [0.25, 0.3) is 11.1 Å². The summed E-state index contributed by atoms with van der Waals surface area (Å²) in [7, 11) is 1.72. The predicted molar refractivity (Wildman–Crippen MR) is 113 cm³/mol. The highest BCUT2D eigenvalue weighted by atomic mass is 19.1. The lowest BCUT2D eigenvalue weighted by Gasteiger charge is -2.18. The molecule has 1 aromatic heterocycles. The van der Waals surface area contributed by atoms with Crippen LogP contribution < -0.4 is 10.3 Å². The Labute approximate surface area is 174 Å². The monoisotopic (exact) mass is 406 g/mol. The Bertz CT molecular complexity index is 1120. The van der Waals surface area contributed by atoms with Crippen LogP contribution in [0.1, 0.15) is 22.5 Å². The molecule has 1 aliphatic rings. The van der Waals surface area contributed by atoms with Crippen molar-refractivity contribution in [2.45, 2.75) is 19.4 Å². The number of amides is 1. The summed E-state index contributed by atoms with van der Waals surface area (Å²) in [5.74, 6) is 0.216. The Morgan fingerprint density at radius 3 is 2.30 bits per heavy atom. The molecule has 2 aromatic carbocycles. The van der Waals surface area contributed by atoms with Crippen LogP contribution in [0.15, 0.2) is 65.5 Å². The van der Waals surface area contributed by atoms with Crippen molar-refractivity contribution >= 4 is 5.91 Å². The SMILES string of the molecule is Cc1cc(OC2CCN(C(=O)c3ccc(-c4ccc(F)cc4)cc3)C2)cc(=O)n1C. The molecule has 0 radical (unpaired) electrons. The number of carbonyl (C=O) groups excluding carboxylic acids is 1. The van der Waals surface area contributed by atoms with Gasteiger partial charge in [0.05, 0.1) is 6.54 Å². The molecule has 3 aromatic rings. The Morgan fingerprint density at radius 2 is 1.67 bits per heavy atom. The molecule has 30 heavy (non-hydrogen) atoms. The Kier molecular flexibility index (Phi) is 5.40. The topological polar surface area (TPSA) is 51.5 Å². The zero-order valence-electron chi connectivity index (χ0n) is 17.0. The standard InChI is InChI=1S/C24H23FN2O3/c1-16-13-22(14-23(28)26(16)2)30-21-11-12-27(15-21)24(29)19-5-3-17(4-6-19)18-7-9-20(25)10-8-18/h3-10,13-14,21H,11-12,15H2,1-2H3. The van der Waals surface area contributed by atoms with Gasteiger partial charge in [-0.2, -0.15) is 0 Å². The van der Waals surface area contributed by atoms with Crippen molar-refractivity contribution < 1.29 is 13.9 Å². The van der Waals surface area contributed by atoms with Crippen molar-refractivity contribution in [1.82, 2.24) is 9.47 Å². The maximum atomic E-state index is 13.1. The van der Waals surface area contributed by atoms with Crippen molar-refractivity contribution in [3.8, 4) is 16.9 Å². The van der Waals surface area contributed by atoms with Crippen LogP contribution in [0.2, 0.25) is 0 Å². The molecule has 6 heteroatoms. The normalized spacial score (nSPS) is 16.0. The highest BCUT2D eigenvalue weighted by molar-refractivity contribution is 5.95. The van der Waals surface area contributed by atoms with E-state index in [2.05, 4.69) is 0 Å². The van der Waals surface area contributed by atoms with Gasteiger partial charge < -0.3 is 14.2 Å². The number of hydrogen-bond acceptors (Lipinski definition) is 3. The summed E-state index contributed by atoms with van der Waals surface area (Å²) in [6.07, 6.45) is 0.576. The van der Waals surface area contributed by atoms with Gasteiger partial charge in [0.15, 0.2) is 0 Å². The molecule has 1 atom stereocenters. The van der Waals surface area contributed by atoms with E-state index < -0.39 is 0 Å². The van der Waals surface area contributed by atoms with E-state index in [9.17, 15) is 14.0 Å². The number of hydrogen-bond donors (Lipinski definition) is 0. The van der Waals surface area contributed by atoms with Crippen LogP contribution in [0.4, 0.5) is 4.39 Å². The van der Waals surface area contributed by atoms with Crippen molar-refractivity contribution in [3.63, 3.8) is 0 Å². The summed E-state index contributed by atoms with van der Waals surface area (Å²) in [5, 5.41) is 0. The van der Waals surface area contributed by atoms with Crippen molar-refractivity contribution in [2.24, 2.45) is 7.05 Å². The number of likely N-dealkylation sites (tertiary alicyclic amines) is 1. The molecule has 0 N–H and O–H groups in total. The summed E-state index contributed by atoms with van der Waals surface area (Å²) in [6, 6.07) is 16.9. The molecule has 154 valence electrons. The van der Waals surface area contributed by atoms with Gasteiger partial charge in [0.25, 0.3) is 11.5 Å². The first-order valence-electron chi connectivity index (χ1n) is 9.90. The number of ether oxygens (including phenoxy) is 1. The molecule has 0 saturated carbocycles. The van der Waals surface area contributed by atoms with Crippen molar-refractivity contribution in [3.05, 3.63) is 88.1 Å². The average molecular weight is 406 g/mol. The molecular weight excluding hydrogens is 383 g/mol. The molecule has 1 unspecified atom stereocenters. The minimum atomic E-state index is -0.276. The molecule has 1 saturated heterocycles. The van der Waals surface area contributed by atoms with E-state index in [4.69, 9.17) is 4.74 Å². The lowest BCUT2D eigenvalue weighted by molar-refractivity contribution is 0.0772. The minimum Gasteiger partial charge on any atom is -0.488 e. The summed E-state index contributed by atoms with van der Waals surface area (Å²) in [5.41, 5.74) is 3.14. The lowest BCUT2D eigenvalue weighted by Crippen LogP contribution is -2.31. The molecule has 0 bridgehead atoms. The second-order valence-electron chi connectivity index (χ2n) is 7.59. The number of aryl methyl sites for hydroxylation is 1. The predicted octanol–water partition coefficient (Wildman–Crippen LogP) is 3.79. The third kappa shape index (κ3) is 4.13. The van der Waals surface area contributed by atoms with E-state index in [1.165, 1.54) is 18.2 Å². The second kappa shape index (κ2) is 8.14. The van der Waals surface area contributed by atoms with Gasteiger partial charge in [-0.15, -0.1) is 0 Å². The second-order valence-corrected chi connectivity index (χ2v) is 7.59. The van der Waals surface area contributed by atoms with E-state index in [1.807, 2.05) is 25.1 Å². The van der Waals surface area contributed by atoms with Gasteiger partial charge in [0.1, 0.15) is 17.7 Å². The number of carbonyl (C=O) groups is 1. The van der Waals surface area contributed by atoms with E-state index in [-0.39, 0.29) is 23.4 Å². The molecule has 0 spiro atoms. The van der Waals surface area contributed by atoms with Gasteiger partial charge in [-0.05, 0) is 48.4 Å². The molecule has 0 aliphatic carbocycles. The summed E-state index contributed by atoms with van der Waals surface area (Å²) >= 11 is 0. The van der Waals surface area contributed by atoms with E-state index in [0.717, 1.165) is 16.8 Å². The maximum Gasteiger partial charge on any atom is 0.254 e. The van der Waals surface area contributed by atoms with Crippen LogP contribution in [-0.4, -0.2) is 34.6 Å². The summed E-state index contributed by atoms with van der Waals surface area (Å²) < 4.78 is 20.6. The highest BCUT2D eigenvalue weighted by Crippen LogP contribution is 2.23. The van der Waals surface area contributed by atoms with Crippen LogP contribution in [0.3, 0.4) is 0 Å². The maximum absolute atomic E-state index is 13.1. The number of rotatable bonds is 4. The van der Waals surface area contributed by atoms with Crippen LogP contribution in [0, 0.1) is 12.7 Å². The lowest BCUT2D eigenvalue weighted by atomic mass is 10.0. The van der Waals surface area contributed by atoms with E-state index in [1.54, 1.807) is 40.8 Å². The molecule has 2 heterocycles. The Balaban J connectivity index is 1.41. The largest absolute Gasteiger partial charge is 0.488 e. The summed E-state index contributed by atoms with van der Waals surface area (Å²) in [6.45, 7) is 2.94. The average Bonchev–Trinajstić information content (AvgIpc) is 3.20. The quantitative estimate of drug-likeness (QED) is 0.662. The zero-order valence-corrected chi connectivity index (χ0v) is 17.0. The Hall–Kier alpha value is -3.41. The zero-order chi connectivity index (χ0) is 21.3. The first-order valence-corrected chi connectivity index (χ1v) is 9.90.